The van der Waals surface area contributed by atoms with Crippen LogP contribution in [0.5, 0.6) is 0 Å². The molecule has 96 valence electrons. The lowest BCUT2D eigenvalue weighted by Crippen LogP contribution is -2.27. The van der Waals surface area contributed by atoms with Gasteiger partial charge in [-0.3, -0.25) is 14.6 Å². The Morgan fingerprint density at radius 3 is 2.44 bits per heavy atom. The van der Waals surface area contributed by atoms with Crippen LogP contribution in [0.15, 0.2) is 9.59 Å². The minimum Gasteiger partial charge on any atom is -0.390 e. The van der Waals surface area contributed by atoms with E-state index in [0.717, 1.165) is 0 Å². The number of hydrogen-bond donors (Lipinski definition) is 5. The van der Waals surface area contributed by atoms with Crippen LogP contribution in [0.25, 0.3) is 11.2 Å². The average molecular weight is 253 g/mol. The van der Waals surface area contributed by atoms with Crippen molar-refractivity contribution in [1.82, 2.24) is 19.9 Å². The molecule has 0 radical (unpaired) electrons. The minimum atomic E-state index is -1.47. The van der Waals surface area contributed by atoms with Gasteiger partial charge in [-0.2, -0.15) is 4.98 Å². The lowest BCUT2D eigenvalue weighted by atomic mass is 10.1. The topological polar surface area (TPSA) is 158 Å². The summed E-state index contributed by atoms with van der Waals surface area (Å²) < 4.78 is 0. The molecule has 6 N–H and O–H groups in total. The number of nitrogen functional groups attached to an aromatic ring is 1. The minimum absolute atomic E-state index is 0.106. The molecule has 0 fully saturated rings. The number of fused-ring (bicyclic) bond motifs is 1. The van der Waals surface area contributed by atoms with Gasteiger partial charge in [-0.05, 0) is 6.92 Å². The maximum atomic E-state index is 11.6. The Bertz CT molecular complexity index is 704. The molecule has 0 bridgehead atoms. The zero-order valence-electron chi connectivity index (χ0n) is 9.34. The van der Waals surface area contributed by atoms with Crippen molar-refractivity contribution in [2.24, 2.45) is 0 Å². The van der Waals surface area contributed by atoms with E-state index >= 15 is 0 Å². The summed E-state index contributed by atoms with van der Waals surface area (Å²) in [6.07, 6.45) is -2.66. The Labute approximate surface area is 99.3 Å². The molecular weight excluding hydrogens is 242 g/mol. The Morgan fingerprint density at radius 2 is 1.83 bits per heavy atom. The fourth-order valence-electron chi connectivity index (χ4n) is 1.44. The summed E-state index contributed by atoms with van der Waals surface area (Å²) in [6, 6.07) is 0. The van der Waals surface area contributed by atoms with Crippen molar-refractivity contribution in [3.8, 4) is 0 Å². The van der Waals surface area contributed by atoms with E-state index in [1.807, 2.05) is 0 Å². The summed E-state index contributed by atoms with van der Waals surface area (Å²) in [5.41, 5.74) is 3.36. The third-order valence-corrected chi connectivity index (χ3v) is 2.35. The Kier molecular flexibility index (Phi) is 2.85. The van der Waals surface area contributed by atoms with Crippen LogP contribution < -0.4 is 16.9 Å². The van der Waals surface area contributed by atoms with Gasteiger partial charge in [0.05, 0.1) is 6.10 Å². The first-order chi connectivity index (χ1) is 8.40. The summed E-state index contributed by atoms with van der Waals surface area (Å²) in [5, 5.41) is 18.8. The fourth-order valence-corrected chi connectivity index (χ4v) is 1.44. The molecule has 0 aliphatic rings. The molecule has 2 atom stereocenters. The van der Waals surface area contributed by atoms with Gasteiger partial charge in [-0.1, -0.05) is 0 Å². The molecule has 2 aromatic rings. The van der Waals surface area contributed by atoms with Gasteiger partial charge < -0.3 is 20.9 Å². The van der Waals surface area contributed by atoms with Crippen molar-refractivity contribution in [1.29, 1.82) is 0 Å². The molecule has 0 aliphatic carbocycles. The standard InChI is InChI=1S/C9H11N5O4/c1-2(15)5(16)3-7(17)12-4-6(11-3)13-9(10)14-8(4)18/h2,5,15-16H,1H3,(H,12,17)(H3,10,11,13,14,18)/t2-,5-/m1/s1. The van der Waals surface area contributed by atoms with Crippen molar-refractivity contribution >= 4 is 17.1 Å². The quantitative estimate of drug-likeness (QED) is 0.414. The van der Waals surface area contributed by atoms with Crippen LogP contribution in [0.4, 0.5) is 5.95 Å². The van der Waals surface area contributed by atoms with Crippen LogP contribution >= 0.6 is 0 Å². The normalized spacial score (nSPS) is 14.6. The molecule has 0 amide bonds. The zero-order chi connectivity index (χ0) is 13.4. The van der Waals surface area contributed by atoms with E-state index in [1.165, 1.54) is 6.92 Å². The highest BCUT2D eigenvalue weighted by Crippen LogP contribution is 2.11. The molecule has 2 heterocycles. The average Bonchev–Trinajstić information content (AvgIpc) is 2.28. The molecule has 9 heteroatoms. The first-order valence-corrected chi connectivity index (χ1v) is 5.06. The van der Waals surface area contributed by atoms with Gasteiger partial charge in [0.25, 0.3) is 11.1 Å². The molecule has 0 saturated heterocycles. The molecule has 9 nitrogen and oxygen atoms in total. The Hall–Kier alpha value is -2.26. The van der Waals surface area contributed by atoms with E-state index in [2.05, 4.69) is 19.9 Å². The molecule has 0 unspecified atom stereocenters. The fraction of sp³-hybridized carbons (Fsp3) is 0.333. The van der Waals surface area contributed by atoms with Crippen LogP contribution in [0, 0.1) is 0 Å². The maximum Gasteiger partial charge on any atom is 0.278 e. The predicted octanol–water partition coefficient (Wildman–Crippen LogP) is -2.00. The third kappa shape index (κ3) is 1.96. The van der Waals surface area contributed by atoms with Crippen LogP contribution in [-0.4, -0.2) is 36.3 Å². The molecule has 0 spiro atoms. The summed E-state index contributed by atoms with van der Waals surface area (Å²) in [4.78, 5) is 35.0. The van der Waals surface area contributed by atoms with E-state index in [1.54, 1.807) is 0 Å². The second-order valence-electron chi connectivity index (χ2n) is 3.79. The second kappa shape index (κ2) is 4.20. The van der Waals surface area contributed by atoms with Crippen LogP contribution in [0.3, 0.4) is 0 Å². The van der Waals surface area contributed by atoms with Crippen molar-refractivity contribution in [2.75, 3.05) is 5.73 Å². The smallest absolute Gasteiger partial charge is 0.278 e. The van der Waals surface area contributed by atoms with Crippen molar-refractivity contribution < 1.29 is 10.2 Å². The molecule has 0 saturated carbocycles. The van der Waals surface area contributed by atoms with Gasteiger partial charge in [0.15, 0.2) is 11.2 Å². The molecular formula is C9H11N5O4. The van der Waals surface area contributed by atoms with Gasteiger partial charge in [0, 0.05) is 0 Å². The number of aromatic nitrogens is 4. The summed E-state index contributed by atoms with van der Waals surface area (Å²) >= 11 is 0. The number of aliphatic hydroxyl groups excluding tert-OH is 2. The van der Waals surface area contributed by atoms with Gasteiger partial charge in [0.2, 0.25) is 5.95 Å². The zero-order valence-corrected chi connectivity index (χ0v) is 9.34. The van der Waals surface area contributed by atoms with Crippen molar-refractivity contribution in [2.45, 2.75) is 19.1 Å². The van der Waals surface area contributed by atoms with Crippen LogP contribution in [-0.2, 0) is 0 Å². The number of hydrogen-bond acceptors (Lipinski definition) is 7. The van der Waals surface area contributed by atoms with Crippen LogP contribution in [0.2, 0.25) is 0 Å². The largest absolute Gasteiger partial charge is 0.390 e. The lowest BCUT2D eigenvalue weighted by molar-refractivity contribution is 0.0270. The van der Waals surface area contributed by atoms with Gasteiger partial charge >= 0.3 is 0 Å². The van der Waals surface area contributed by atoms with E-state index < -0.39 is 23.3 Å². The number of H-pyrrole nitrogens is 2. The SMILES string of the molecule is C[C@@H](O)[C@@H](O)c1nc2nc(N)[nH]c(=O)c2[nH]c1=O. The lowest BCUT2D eigenvalue weighted by Gasteiger charge is -2.11. The monoisotopic (exact) mass is 253 g/mol. The summed E-state index contributed by atoms with van der Waals surface area (Å²) in [5.74, 6) is -0.162. The molecule has 2 aromatic heterocycles. The first-order valence-electron chi connectivity index (χ1n) is 5.06. The van der Waals surface area contributed by atoms with Crippen molar-refractivity contribution in [3.63, 3.8) is 0 Å². The maximum absolute atomic E-state index is 11.6. The van der Waals surface area contributed by atoms with E-state index in [0.29, 0.717) is 0 Å². The number of nitrogens with zero attached hydrogens (tertiary/aromatic N) is 2. The number of nitrogens with one attached hydrogen (secondary N) is 2. The number of aromatic amines is 2. The van der Waals surface area contributed by atoms with E-state index in [9.17, 15) is 19.8 Å². The number of rotatable bonds is 2. The number of nitrogens with two attached hydrogens (primary N) is 1. The molecule has 0 aromatic carbocycles. The van der Waals surface area contributed by atoms with E-state index in [4.69, 9.17) is 5.73 Å². The number of aliphatic hydroxyl groups is 2. The molecule has 0 aliphatic heterocycles. The Balaban J connectivity index is 2.76. The summed E-state index contributed by atoms with van der Waals surface area (Å²) in [6.45, 7) is 1.30. The highest BCUT2D eigenvalue weighted by Gasteiger charge is 2.20. The molecule has 18 heavy (non-hydrogen) atoms. The van der Waals surface area contributed by atoms with E-state index in [-0.39, 0.29) is 22.8 Å². The predicted molar refractivity (Wildman–Crippen MR) is 61.8 cm³/mol. The van der Waals surface area contributed by atoms with Gasteiger partial charge in [-0.25, -0.2) is 4.98 Å². The van der Waals surface area contributed by atoms with Crippen LogP contribution in [0.1, 0.15) is 18.7 Å². The second-order valence-corrected chi connectivity index (χ2v) is 3.79. The highest BCUT2D eigenvalue weighted by atomic mass is 16.3. The Morgan fingerprint density at radius 1 is 1.17 bits per heavy atom. The molecule has 2 rings (SSSR count). The number of anilines is 1. The van der Waals surface area contributed by atoms with Gasteiger partial charge in [-0.15, -0.1) is 0 Å². The summed E-state index contributed by atoms with van der Waals surface area (Å²) in [7, 11) is 0. The van der Waals surface area contributed by atoms with Gasteiger partial charge in [0.1, 0.15) is 11.8 Å². The first kappa shape index (κ1) is 12.2. The van der Waals surface area contributed by atoms with Crippen molar-refractivity contribution in [3.05, 3.63) is 26.4 Å². The highest BCUT2D eigenvalue weighted by molar-refractivity contribution is 5.69. The third-order valence-electron chi connectivity index (χ3n) is 2.35.